The van der Waals surface area contributed by atoms with Crippen LogP contribution in [0.5, 0.6) is 5.88 Å². The first-order chi connectivity index (χ1) is 9.11. The Morgan fingerprint density at radius 3 is 2.95 bits per heavy atom. The highest BCUT2D eigenvalue weighted by molar-refractivity contribution is 7.22. The lowest BCUT2D eigenvalue weighted by atomic mass is 10.1. The average Bonchev–Trinajstić information content (AvgIpc) is 2.93. The average molecular weight is 291 g/mol. The van der Waals surface area contributed by atoms with Crippen molar-refractivity contribution in [2.24, 2.45) is 7.05 Å². The summed E-state index contributed by atoms with van der Waals surface area (Å²) in [7, 11) is 1.80. The van der Waals surface area contributed by atoms with E-state index in [2.05, 4.69) is 16.2 Å². The molecule has 3 aromatic rings. The van der Waals surface area contributed by atoms with Gasteiger partial charge >= 0.3 is 0 Å². The molecule has 1 N–H and O–H groups in total. The standard InChI is InChI=1S/C12H7ClN4OS/c1-17-9(2-3-15-17)10-7(5-14)6-4-8(13)11(18)16-12(6)19-10/h2-4H,1H3,(H,16,18). The summed E-state index contributed by atoms with van der Waals surface area (Å²) in [6, 6.07) is 5.56. The van der Waals surface area contributed by atoms with Crippen LogP contribution in [0.1, 0.15) is 5.56 Å². The molecule has 0 aliphatic heterocycles. The van der Waals surface area contributed by atoms with Crippen molar-refractivity contribution in [3.05, 3.63) is 28.9 Å². The zero-order valence-corrected chi connectivity index (χ0v) is 11.3. The number of hydrogen-bond donors (Lipinski definition) is 1. The van der Waals surface area contributed by atoms with Crippen molar-refractivity contribution in [3.63, 3.8) is 0 Å². The SMILES string of the molecule is Cn1nccc1-c1sc2nc(O)c(Cl)cc2c1C#N. The Labute approximate surface area is 117 Å². The molecular formula is C12H7ClN4OS. The van der Waals surface area contributed by atoms with Crippen LogP contribution >= 0.6 is 22.9 Å². The molecular weight excluding hydrogens is 284 g/mol. The number of nitriles is 1. The Balaban J connectivity index is 2.39. The number of aryl methyl sites for hydroxylation is 1. The second kappa shape index (κ2) is 4.23. The number of rotatable bonds is 1. The lowest BCUT2D eigenvalue weighted by Gasteiger charge is -1.98. The van der Waals surface area contributed by atoms with E-state index in [-0.39, 0.29) is 10.9 Å². The highest BCUT2D eigenvalue weighted by atomic mass is 35.5. The largest absolute Gasteiger partial charge is 0.492 e. The van der Waals surface area contributed by atoms with Gasteiger partial charge < -0.3 is 5.11 Å². The number of nitrogens with zero attached hydrogens (tertiary/aromatic N) is 4. The molecule has 0 aliphatic carbocycles. The Morgan fingerprint density at radius 1 is 1.53 bits per heavy atom. The first-order valence-electron chi connectivity index (χ1n) is 5.32. The molecule has 0 bridgehead atoms. The fourth-order valence-electron chi connectivity index (χ4n) is 1.88. The van der Waals surface area contributed by atoms with Gasteiger partial charge in [-0.3, -0.25) is 4.68 Å². The van der Waals surface area contributed by atoms with Crippen molar-refractivity contribution in [2.75, 3.05) is 0 Å². The lowest BCUT2D eigenvalue weighted by molar-refractivity contribution is 0.456. The maximum absolute atomic E-state index is 9.54. The van der Waals surface area contributed by atoms with Gasteiger partial charge in [-0.2, -0.15) is 10.4 Å². The van der Waals surface area contributed by atoms with Crippen molar-refractivity contribution in [1.82, 2.24) is 14.8 Å². The Hall–Kier alpha value is -2.10. The molecule has 94 valence electrons. The summed E-state index contributed by atoms with van der Waals surface area (Å²) in [5.41, 5.74) is 1.33. The van der Waals surface area contributed by atoms with Crippen molar-refractivity contribution >= 4 is 33.2 Å². The van der Waals surface area contributed by atoms with E-state index in [0.717, 1.165) is 10.6 Å². The highest BCUT2D eigenvalue weighted by Gasteiger charge is 2.18. The molecule has 7 heteroatoms. The predicted molar refractivity (Wildman–Crippen MR) is 73.2 cm³/mol. The van der Waals surface area contributed by atoms with Gasteiger partial charge in [0.25, 0.3) is 0 Å². The maximum Gasteiger partial charge on any atom is 0.231 e. The molecule has 0 unspecified atom stereocenters. The van der Waals surface area contributed by atoms with Gasteiger partial charge in [0, 0.05) is 18.6 Å². The van der Waals surface area contributed by atoms with Gasteiger partial charge in [0.05, 0.1) is 16.1 Å². The van der Waals surface area contributed by atoms with Crippen LogP contribution in [0, 0.1) is 11.3 Å². The molecule has 5 nitrogen and oxygen atoms in total. The van der Waals surface area contributed by atoms with Crippen LogP contribution in [-0.4, -0.2) is 19.9 Å². The van der Waals surface area contributed by atoms with Gasteiger partial charge in [0.2, 0.25) is 5.88 Å². The molecule has 0 saturated heterocycles. The number of aromatic hydroxyl groups is 1. The molecule has 3 heterocycles. The van der Waals surface area contributed by atoms with Crippen LogP contribution < -0.4 is 0 Å². The number of hydrogen-bond acceptors (Lipinski definition) is 5. The second-order valence-corrected chi connectivity index (χ2v) is 5.31. The molecule has 0 amide bonds. The van der Waals surface area contributed by atoms with Gasteiger partial charge in [-0.1, -0.05) is 11.6 Å². The van der Waals surface area contributed by atoms with Crippen LogP contribution in [0.4, 0.5) is 0 Å². The van der Waals surface area contributed by atoms with E-state index >= 15 is 0 Å². The smallest absolute Gasteiger partial charge is 0.231 e. The number of fused-ring (bicyclic) bond motifs is 1. The van der Waals surface area contributed by atoms with Crippen LogP contribution in [0.2, 0.25) is 5.02 Å². The molecule has 0 radical (unpaired) electrons. The number of aromatic nitrogens is 3. The number of pyridine rings is 1. The molecule has 3 rings (SSSR count). The van der Waals surface area contributed by atoms with E-state index in [1.807, 2.05) is 6.07 Å². The van der Waals surface area contributed by atoms with E-state index in [1.165, 1.54) is 11.3 Å². The first kappa shape index (κ1) is 12.0. The van der Waals surface area contributed by atoms with E-state index < -0.39 is 0 Å². The fraction of sp³-hybridized carbons (Fsp3) is 0.0833. The third kappa shape index (κ3) is 1.75. The molecule has 19 heavy (non-hydrogen) atoms. The van der Waals surface area contributed by atoms with Crippen LogP contribution in [0.25, 0.3) is 20.8 Å². The second-order valence-electron chi connectivity index (χ2n) is 3.90. The summed E-state index contributed by atoms with van der Waals surface area (Å²) in [6.07, 6.45) is 1.67. The number of halogens is 1. The summed E-state index contributed by atoms with van der Waals surface area (Å²) in [6.45, 7) is 0. The third-order valence-corrected chi connectivity index (χ3v) is 4.18. The highest BCUT2D eigenvalue weighted by Crippen LogP contribution is 2.39. The van der Waals surface area contributed by atoms with Gasteiger partial charge in [-0.05, 0) is 12.1 Å². The summed E-state index contributed by atoms with van der Waals surface area (Å²) in [5, 5.41) is 23.8. The molecule has 0 aliphatic rings. The Morgan fingerprint density at radius 2 is 2.32 bits per heavy atom. The van der Waals surface area contributed by atoms with Crippen molar-refractivity contribution in [1.29, 1.82) is 5.26 Å². The molecule has 0 spiro atoms. The van der Waals surface area contributed by atoms with E-state index in [1.54, 1.807) is 24.0 Å². The van der Waals surface area contributed by atoms with Crippen LogP contribution in [-0.2, 0) is 7.05 Å². The van der Waals surface area contributed by atoms with Crippen LogP contribution in [0.3, 0.4) is 0 Å². The van der Waals surface area contributed by atoms with Gasteiger partial charge in [-0.25, -0.2) is 4.98 Å². The summed E-state index contributed by atoms with van der Waals surface area (Å²) in [5.74, 6) is -0.225. The summed E-state index contributed by atoms with van der Waals surface area (Å²) in [4.78, 5) is 5.35. The van der Waals surface area contributed by atoms with E-state index in [9.17, 15) is 10.4 Å². The maximum atomic E-state index is 9.54. The molecule has 0 saturated carbocycles. The Bertz CT molecular complexity index is 830. The fourth-order valence-corrected chi connectivity index (χ4v) is 3.19. The molecule has 3 aromatic heterocycles. The first-order valence-corrected chi connectivity index (χ1v) is 6.51. The van der Waals surface area contributed by atoms with Crippen molar-refractivity contribution < 1.29 is 5.11 Å². The van der Waals surface area contributed by atoms with Crippen molar-refractivity contribution in [3.8, 4) is 22.5 Å². The molecule has 0 aromatic carbocycles. The summed E-state index contributed by atoms with van der Waals surface area (Å²) >= 11 is 7.18. The van der Waals surface area contributed by atoms with Gasteiger partial charge in [0.15, 0.2) is 0 Å². The minimum Gasteiger partial charge on any atom is -0.492 e. The minimum absolute atomic E-state index is 0.137. The minimum atomic E-state index is -0.225. The molecule has 0 atom stereocenters. The Kier molecular flexibility index (Phi) is 2.66. The van der Waals surface area contributed by atoms with Gasteiger partial charge in [0.1, 0.15) is 15.9 Å². The third-order valence-electron chi connectivity index (χ3n) is 2.78. The quantitative estimate of drug-likeness (QED) is 0.748. The van der Waals surface area contributed by atoms with Gasteiger partial charge in [-0.15, -0.1) is 11.3 Å². The zero-order valence-electron chi connectivity index (χ0n) is 9.75. The monoisotopic (exact) mass is 290 g/mol. The molecule has 0 fully saturated rings. The summed E-state index contributed by atoms with van der Waals surface area (Å²) < 4.78 is 1.69. The zero-order chi connectivity index (χ0) is 13.6. The van der Waals surface area contributed by atoms with E-state index in [0.29, 0.717) is 15.8 Å². The van der Waals surface area contributed by atoms with E-state index in [4.69, 9.17) is 11.6 Å². The lowest BCUT2D eigenvalue weighted by Crippen LogP contribution is -1.92. The number of thiophene rings is 1. The topological polar surface area (TPSA) is 74.7 Å². The van der Waals surface area contributed by atoms with Crippen molar-refractivity contribution in [2.45, 2.75) is 0 Å². The predicted octanol–water partition coefficient (Wildman–Crippen LogP) is 2.93. The normalized spacial score (nSPS) is 10.8. The van der Waals surface area contributed by atoms with Crippen LogP contribution in [0.15, 0.2) is 18.3 Å².